The van der Waals surface area contributed by atoms with Crippen LogP contribution in [0.4, 0.5) is 5.13 Å². The number of nitrogens with zero attached hydrogens (tertiary/aromatic N) is 2. The van der Waals surface area contributed by atoms with Crippen molar-refractivity contribution in [1.82, 2.24) is 15.2 Å². The fourth-order valence-corrected chi connectivity index (χ4v) is 7.24. The van der Waals surface area contributed by atoms with Crippen molar-refractivity contribution >= 4 is 22.4 Å². The Balaban J connectivity index is 1.63. The van der Waals surface area contributed by atoms with Gasteiger partial charge in [-0.2, -0.15) is 0 Å². The minimum absolute atomic E-state index is 0.0355. The van der Waals surface area contributed by atoms with E-state index < -0.39 is 11.5 Å². The summed E-state index contributed by atoms with van der Waals surface area (Å²) in [5, 5.41) is 28.7. The van der Waals surface area contributed by atoms with Crippen molar-refractivity contribution in [3.8, 4) is 0 Å². The van der Waals surface area contributed by atoms with Crippen LogP contribution in [-0.4, -0.2) is 65.9 Å². The Morgan fingerprint density at radius 3 is 2.69 bits per heavy atom. The zero-order valence-electron chi connectivity index (χ0n) is 21.4. The van der Waals surface area contributed by atoms with E-state index >= 15 is 0 Å². The fourth-order valence-electron chi connectivity index (χ4n) is 6.17. The third-order valence-electron chi connectivity index (χ3n) is 8.45. The van der Waals surface area contributed by atoms with Crippen LogP contribution in [0.25, 0.3) is 0 Å². The Labute approximate surface area is 213 Å². The summed E-state index contributed by atoms with van der Waals surface area (Å²) in [6.45, 7) is 6.28. The van der Waals surface area contributed by atoms with Gasteiger partial charge >= 0.3 is 0 Å². The number of amides is 1. The highest BCUT2D eigenvalue weighted by Gasteiger charge is 2.59. The van der Waals surface area contributed by atoms with Crippen LogP contribution in [0.3, 0.4) is 0 Å². The number of hydrogen-bond donors (Lipinski definition) is 4. The quantitative estimate of drug-likeness (QED) is 0.422. The van der Waals surface area contributed by atoms with E-state index in [-0.39, 0.29) is 29.8 Å². The van der Waals surface area contributed by atoms with Crippen LogP contribution in [0.5, 0.6) is 0 Å². The number of fused-ring (bicyclic) bond motifs is 2. The number of likely N-dealkylation sites (N-methyl/N-ethyl adjacent to an activating group) is 1. The van der Waals surface area contributed by atoms with Crippen molar-refractivity contribution in [3.05, 3.63) is 46.5 Å². The first-order chi connectivity index (χ1) is 16.7. The maximum atomic E-state index is 13.1. The molecule has 1 aromatic heterocycles. The minimum atomic E-state index is -0.605. The Hall–Kier alpha value is -2.00. The molecule has 4 rings (SSSR count). The molecule has 0 unspecified atom stereocenters. The summed E-state index contributed by atoms with van der Waals surface area (Å²) >= 11 is 1.65. The smallest absolute Gasteiger partial charge is 0.220 e. The van der Waals surface area contributed by atoms with E-state index in [4.69, 9.17) is 4.98 Å². The number of aliphatic hydroxyl groups is 2. The second kappa shape index (κ2) is 10.5. The first kappa shape index (κ1) is 26.1. The standard InChI is InChI=1S/C27H40N4O3S/c1-26-11-10-22(33)27(2,17-32)21(26)15-20-24(19(26)14-23(34)28-12-13-31(3)4)30-25(35-20)29-16-18-8-6-5-7-9-18/h5-9,19,21-22,32-33H,10-17H2,1-4H3,(H,28,34)(H,29,30)/t19-,21+,22-,26+,27+/m1/s1. The Kier molecular flexibility index (Phi) is 7.86. The second-order valence-electron chi connectivity index (χ2n) is 11.1. The molecule has 0 saturated heterocycles. The molecule has 1 saturated carbocycles. The molecular weight excluding hydrogens is 460 g/mol. The molecule has 5 atom stereocenters. The fraction of sp³-hybridized carbons (Fsp3) is 0.630. The molecule has 8 heteroatoms. The second-order valence-corrected chi connectivity index (χ2v) is 12.1. The van der Waals surface area contributed by atoms with Crippen molar-refractivity contribution in [2.24, 2.45) is 16.7 Å². The lowest BCUT2D eigenvalue weighted by Crippen LogP contribution is -2.57. The number of nitrogens with one attached hydrogen (secondary N) is 2. The van der Waals surface area contributed by atoms with Gasteiger partial charge in [0.05, 0.1) is 18.4 Å². The number of benzene rings is 1. The van der Waals surface area contributed by atoms with E-state index in [0.29, 0.717) is 25.9 Å². The van der Waals surface area contributed by atoms with Gasteiger partial charge in [-0.1, -0.05) is 44.2 Å². The van der Waals surface area contributed by atoms with E-state index in [0.717, 1.165) is 30.2 Å². The van der Waals surface area contributed by atoms with Crippen molar-refractivity contribution < 1.29 is 15.0 Å². The lowest BCUT2D eigenvalue weighted by atomic mass is 9.47. The van der Waals surface area contributed by atoms with Crippen LogP contribution in [0.2, 0.25) is 0 Å². The van der Waals surface area contributed by atoms with E-state index in [9.17, 15) is 15.0 Å². The van der Waals surface area contributed by atoms with Gasteiger partial charge < -0.3 is 25.7 Å². The van der Waals surface area contributed by atoms with E-state index in [1.165, 1.54) is 10.4 Å². The third-order valence-corrected chi connectivity index (χ3v) is 9.50. The number of aliphatic hydroxyl groups excluding tert-OH is 2. The molecule has 1 amide bonds. The third kappa shape index (κ3) is 5.26. The molecule has 4 N–H and O–H groups in total. The summed E-state index contributed by atoms with van der Waals surface area (Å²) in [6.07, 6.45) is 2.02. The monoisotopic (exact) mass is 500 g/mol. The lowest BCUT2D eigenvalue weighted by Gasteiger charge is -2.58. The maximum Gasteiger partial charge on any atom is 0.220 e. The molecule has 0 spiro atoms. The molecule has 0 aliphatic heterocycles. The number of carbonyl (C=O) groups is 1. The average molecular weight is 501 g/mol. The first-order valence-corrected chi connectivity index (χ1v) is 13.5. The van der Waals surface area contributed by atoms with Gasteiger partial charge in [0.25, 0.3) is 0 Å². The van der Waals surface area contributed by atoms with Crippen molar-refractivity contribution in [1.29, 1.82) is 0 Å². The maximum absolute atomic E-state index is 13.1. The molecule has 2 aliphatic carbocycles. The predicted molar refractivity (Wildman–Crippen MR) is 141 cm³/mol. The predicted octanol–water partition coefficient (Wildman–Crippen LogP) is 3.24. The van der Waals surface area contributed by atoms with Crippen LogP contribution in [0.1, 0.15) is 55.2 Å². The molecule has 7 nitrogen and oxygen atoms in total. The summed E-state index contributed by atoms with van der Waals surface area (Å²) in [7, 11) is 3.99. The highest BCUT2D eigenvalue weighted by molar-refractivity contribution is 7.15. The van der Waals surface area contributed by atoms with Gasteiger partial charge in [-0.05, 0) is 50.3 Å². The molecule has 2 aliphatic rings. The van der Waals surface area contributed by atoms with E-state index in [1.54, 1.807) is 11.3 Å². The van der Waals surface area contributed by atoms with E-state index in [2.05, 4.69) is 34.6 Å². The summed E-state index contributed by atoms with van der Waals surface area (Å²) < 4.78 is 0. The number of carbonyl (C=O) groups excluding carboxylic acids is 1. The van der Waals surface area contributed by atoms with Gasteiger partial charge in [0.15, 0.2) is 5.13 Å². The summed E-state index contributed by atoms with van der Waals surface area (Å²) in [6, 6.07) is 10.2. The van der Waals surface area contributed by atoms with Crippen molar-refractivity contribution in [3.63, 3.8) is 0 Å². The van der Waals surface area contributed by atoms with Gasteiger partial charge in [0.1, 0.15) is 0 Å². The largest absolute Gasteiger partial charge is 0.396 e. The van der Waals surface area contributed by atoms with Gasteiger partial charge in [0, 0.05) is 42.3 Å². The Morgan fingerprint density at radius 1 is 1.26 bits per heavy atom. The minimum Gasteiger partial charge on any atom is -0.396 e. The van der Waals surface area contributed by atoms with Gasteiger partial charge in [-0.3, -0.25) is 4.79 Å². The highest BCUT2D eigenvalue weighted by atomic mass is 32.1. The molecule has 1 heterocycles. The number of rotatable bonds is 9. The number of aromatic nitrogens is 1. The molecule has 0 bridgehead atoms. The molecule has 1 fully saturated rings. The van der Waals surface area contributed by atoms with E-state index in [1.807, 2.05) is 39.2 Å². The topological polar surface area (TPSA) is 97.7 Å². The molecule has 192 valence electrons. The van der Waals surface area contributed by atoms with Crippen LogP contribution < -0.4 is 10.6 Å². The lowest BCUT2D eigenvalue weighted by molar-refractivity contribution is -0.144. The molecule has 0 radical (unpaired) electrons. The van der Waals surface area contributed by atoms with Crippen LogP contribution in [0, 0.1) is 16.7 Å². The summed E-state index contributed by atoms with van der Waals surface area (Å²) in [5.74, 6) is 0.0454. The van der Waals surface area contributed by atoms with Crippen LogP contribution >= 0.6 is 11.3 Å². The van der Waals surface area contributed by atoms with Gasteiger partial charge in [0.2, 0.25) is 5.91 Å². The van der Waals surface area contributed by atoms with Gasteiger partial charge in [-0.25, -0.2) is 4.98 Å². The zero-order chi connectivity index (χ0) is 25.2. The van der Waals surface area contributed by atoms with Crippen molar-refractivity contribution in [2.45, 2.75) is 58.1 Å². The molecular formula is C27H40N4O3S. The summed E-state index contributed by atoms with van der Waals surface area (Å²) in [5.41, 5.74) is 1.37. The van der Waals surface area contributed by atoms with Crippen LogP contribution in [0.15, 0.2) is 30.3 Å². The first-order valence-electron chi connectivity index (χ1n) is 12.6. The average Bonchev–Trinajstić information content (AvgIpc) is 3.25. The summed E-state index contributed by atoms with van der Waals surface area (Å²) in [4.78, 5) is 21.3. The Morgan fingerprint density at radius 2 is 2.00 bits per heavy atom. The number of anilines is 1. The SMILES string of the molecule is CN(C)CCNC(=O)C[C@@H]1c2nc(NCc3ccccc3)sc2C[C@@H]2[C@](C)(CO)[C@H](O)CC[C@]21C. The molecule has 1 aromatic carbocycles. The highest BCUT2D eigenvalue weighted by Crippen LogP contribution is 2.62. The normalized spacial score (nSPS) is 30.0. The van der Waals surface area contributed by atoms with Crippen LogP contribution in [-0.2, 0) is 17.8 Å². The Bertz CT molecular complexity index is 1010. The molecule has 35 heavy (non-hydrogen) atoms. The number of hydrogen-bond acceptors (Lipinski definition) is 7. The zero-order valence-corrected chi connectivity index (χ0v) is 22.2. The number of thiazole rings is 1. The van der Waals surface area contributed by atoms with Crippen molar-refractivity contribution in [2.75, 3.05) is 39.1 Å². The molecule has 2 aromatic rings. The van der Waals surface area contributed by atoms with Gasteiger partial charge in [-0.15, -0.1) is 11.3 Å².